The first-order chi connectivity index (χ1) is 15.4. The lowest BCUT2D eigenvalue weighted by atomic mass is 10.1. The number of hydrogen-bond acceptors (Lipinski definition) is 9. The van der Waals surface area contributed by atoms with Crippen molar-refractivity contribution in [2.24, 2.45) is 11.5 Å². The first-order valence-electron chi connectivity index (χ1n) is 10.3. The van der Waals surface area contributed by atoms with E-state index in [-0.39, 0.29) is 19.3 Å². The smallest absolute Gasteiger partial charge is 0.326 e. The molecule has 14 heteroatoms. The Balaban J connectivity index is 5.34. The van der Waals surface area contributed by atoms with Gasteiger partial charge in [0.1, 0.15) is 18.1 Å². The van der Waals surface area contributed by atoms with E-state index in [1.54, 1.807) is 6.26 Å². The molecule has 0 radical (unpaired) electrons. The number of carboxylic acids is 1. The minimum Gasteiger partial charge on any atom is -0.480 e. The van der Waals surface area contributed by atoms with E-state index in [4.69, 9.17) is 11.5 Å². The first-order valence-corrected chi connectivity index (χ1v) is 13.1. The topological polar surface area (TPSA) is 214 Å². The van der Waals surface area contributed by atoms with Crippen molar-refractivity contribution in [3.05, 3.63) is 0 Å². The van der Waals surface area contributed by atoms with Crippen LogP contribution >= 0.6 is 23.5 Å². The Labute approximate surface area is 201 Å². The summed E-state index contributed by atoms with van der Waals surface area (Å²) in [6.45, 7) is 1.30. The minimum absolute atomic E-state index is 0.161. The monoisotopic (exact) mass is 509 g/mol. The van der Waals surface area contributed by atoms with Crippen molar-refractivity contribution < 1.29 is 34.2 Å². The molecular weight excluding hydrogens is 474 g/mol. The lowest BCUT2D eigenvalue weighted by molar-refractivity contribution is -0.142. The Morgan fingerprint density at radius 2 is 1.39 bits per heavy atom. The van der Waals surface area contributed by atoms with Gasteiger partial charge in [0.15, 0.2) is 0 Å². The second-order valence-corrected chi connectivity index (χ2v) is 9.33. The third-order valence-corrected chi connectivity index (χ3v) is 5.86. The predicted octanol–water partition coefficient (Wildman–Crippen LogP) is -1.99. The van der Waals surface area contributed by atoms with Crippen molar-refractivity contribution in [3.8, 4) is 0 Å². The number of nitrogens with one attached hydrogen (secondary N) is 3. The fourth-order valence-electron chi connectivity index (χ4n) is 2.62. The van der Waals surface area contributed by atoms with Crippen LogP contribution in [0, 0.1) is 0 Å². The van der Waals surface area contributed by atoms with Crippen LogP contribution in [0.25, 0.3) is 0 Å². The zero-order chi connectivity index (χ0) is 25.6. The number of carboxylic acid groups (broad SMARTS) is 1. The minimum atomic E-state index is -1.37. The Bertz CT molecular complexity index is 681. The van der Waals surface area contributed by atoms with E-state index in [2.05, 4.69) is 16.0 Å². The molecule has 5 unspecified atom stereocenters. The van der Waals surface area contributed by atoms with E-state index in [1.165, 1.54) is 30.4 Å². The highest BCUT2D eigenvalue weighted by Gasteiger charge is 2.32. The average Bonchev–Trinajstić information content (AvgIpc) is 2.74. The summed E-state index contributed by atoms with van der Waals surface area (Å²) in [5.74, 6) is -3.18. The molecular formula is C19H35N5O7S2. The number of thioether (sulfide) groups is 2. The first kappa shape index (κ1) is 31.0. The molecule has 0 rings (SSSR count). The molecule has 4 amide bonds. The van der Waals surface area contributed by atoms with Crippen LogP contribution in [-0.2, 0) is 24.0 Å². The van der Waals surface area contributed by atoms with Gasteiger partial charge in [-0.25, -0.2) is 4.79 Å². The maximum absolute atomic E-state index is 12.8. The van der Waals surface area contributed by atoms with Crippen molar-refractivity contribution in [3.63, 3.8) is 0 Å². The van der Waals surface area contributed by atoms with Gasteiger partial charge >= 0.3 is 5.97 Å². The van der Waals surface area contributed by atoms with Gasteiger partial charge in [-0.3, -0.25) is 19.2 Å². The molecule has 0 aliphatic carbocycles. The number of aliphatic hydroxyl groups is 1. The zero-order valence-corrected chi connectivity index (χ0v) is 20.7. The van der Waals surface area contributed by atoms with E-state index < -0.39 is 59.9 Å². The number of carbonyl (C=O) groups excluding carboxylic acids is 4. The summed E-state index contributed by atoms with van der Waals surface area (Å²) in [7, 11) is 0. The van der Waals surface area contributed by atoms with Gasteiger partial charge in [-0.15, -0.1) is 0 Å². The molecule has 0 spiro atoms. The molecule has 33 heavy (non-hydrogen) atoms. The molecule has 9 N–H and O–H groups in total. The fraction of sp³-hybridized carbons (Fsp3) is 0.737. The lowest BCUT2D eigenvalue weighted by Gasteiger charge is -2.26. The van der Waals surface area contributed by atoms with E-state index in [9.17, 15) is 34.2 Å². The third-order valence-electron chi connectivity index (χ3n) is 4.57. The van der Waals surface area contributed by atoms with Crippen LogP contribution in [0.2, 0.25) is 0 Å². The van der Waals surface area contributed by atoms with E-state index >= 15 is 0 Å². The highest BCUT2D eigenvalue weighted by molar-refractivity contribution is 7.98. The van der Waals surface area contributed by atoms with Crippen LogP contribution in [0.3, 0.4) is 0 Å². The summed E-state index contributed by atoms with van der Waals surface area (Å²) in [5, 5.41) is 26.5. The van der Waals surface area contributed by atoms with Gasteiger partial charge in [0, 0.05) is 6.42 Å². The maximum atomic E-state index is 12.8. The molecule has 0 saturated carbocycles. The fourth-order valence-corrected chi connectivity index (χ4v) is 3.58. The Kier molecular flexibility index (Phi) is 15.5. The van der Waals surface area contributed by atoms with Crippen LogP contribution in [0.1, 0.15) is 32.6 Å². The van der Waals surface area contributed by atoms with Gasteiger partial charge in [-0.1, -0.05) is 0 Å². The van der Waals surface area contributed by atoms with Crippen molar-refractivity contribution in [2.45, 2.75) is 62.9 Å². The molecule has 190 valence electrons. The van der Waals surface area contributed by atoms with Crippen molar-refractivity contribution >= 4 is 53.1 Å². The van der Waals surface area contributed by atoms with Gasteiger partial charge in [0.2, 0.25) is 23.6 Å². The quantitative estimate of drug-likeness (QED) is 0.114. The molecule has 0 aliphatic rings. The van der Waals surface area contributed by atoms with Crippen LogP contribution in [0.4, 0.5) is 0 Å². The predicted molar refractivity (Wildman–Crippen MR) is 128 cm³/mol. The number of aliphatic carboxylic acids is 1. The maximum Gasteiger partial charge on any atom is 0.326 e. The number of nitrogens with two attached hydrogens (primary N) is 2. The Morgan fingerprint density at radius 3 is 1.88 bits per heavy atom. The summed E-state index contributed by atoms with van der Waals surface area (Å²) in [6, 6.07) is -4.75. The molecule has 0 aromatic carbocycles. The number of rotatable bonds is 17. The van der Waals surface area contributed by atoms with E-state index in [1.807, 2.05) is 6.26 Å². The molecule has 0 fully saturated rings. The Hall–Kier alpha value is -2.03. The van der Waals surface area contributed by atoms with Crippen LogP contribution in [-0.4, -0.2) is 94.1 Å². The summed E-state index contributed by atoms with van der Waals surface area (Å²) in [4.78, 5) is 60.1. The summed E-state index contributed by atoms with van der Waals surface area (Å²) >= 11 is 2.91. The number of carbonyl (C=O) groups is 5. The van der Waals surface area contributed by atoms with Crippen molar-refractivity contribution in [1.29, 1.82) is 0 Å². The van der Waals surface area contributed by atoms with Crippen molar-refractivity contribution in [2.75, 3.05) is 24.0 Å². The molecule has 0 aliphatic heterocycles. The number of amides is 4. The van der Waals surface area contributed by atoms with E-state index in [0.29, 0.717) is 17.9 Å². The zero-order valence-electron chi connectivity index (χ0n) is 19.0. The van der Waals surface area contributed by atoms with Gasteiger partial charge in [-0.05, 0) is 50.2 Å². The van der Waals surface area contributed by atoms with Crippen LogP contribution in [0.5, 0.6) is 0 Å². The van der Waals surface area contributed by atoms with Crippen LogP contribution < -0.4 is 27.4 Å². The lowest BCUT2D eigenvalue weighted by Crippen LogP contribution is -2.59. The molecule has 0 aromatic rings. The number of primary amides is 1. The largest absolute Gasteiger partial charge is 0.480 e. The summed E-state index contributed by atoms with van der Waals surface area (Å²) in [5.41, 5.74) is 10.8. The average molecular weight is 510 g/mol. The molecule has 0 aromatic heterocycles. The summed E-state index contributed by atoms with van der Waals surface area (Å²) < 4.78 is 0. The number of hydrogen-bond donors (Lipinski definition) is 7. The second kappa shape index (κ2) is 16.6. The molecule has 0 heterocycles. The highest BCUT2D eigenvalue weighted by Crippen LogP contribution is 2.06. The van der Waals surface area contributed by atoms with Crippen LogP contribution in [0.15, 0.2) is 0 Å². The van der Waals surface area contributed by atoms with Crippen molar-refractivity contribution in [1.82, 2.24) is 16.0 Å². The molecule has 5 atom stereocenters. The SMILES string of the molecule is CSCCC(N)C(=O)NC(C(=O)NC(CCSC)C(=O)NC(CCC(N)=O)C(=O)O)C(C)O. The molecule has 0 bridgehead atoms. The van der Waals surface area contributed by atoms with Gasteiger partial charge < -0.3 is 37.6 Å². The van der Waals surface area contributed by atoms with Gasteiger partial charge in [0.05, 0.1) is 12.1 Å². The molecule has 12 nitrogen and oxygen atoms in total. The summed E-state index contributed by atoms with van der Waals surface area (Å²) in [6.07, 6.45) is 2.45. The normalized spacial score (nSPS) is 15.4. The second-order valence-electron chi connectivity index (χ2n) is 7.36. The third kappa shape index (κ3) is 12.7. The Morgan fingerprint density at radius 1 is 0.848 bits per heavy atom. The molecule has 0 saturated heterocycles. The van der Waals surface area contributed by atoms with Gasteiger partial charge in [0.25, 0.3) is 0 Å². The standard InChI is InChI=1S/C19H35N5O7S2/c1-10(25)15(24-16(27)11(20)6-8-32-2)18(29)22-12(7-9-33-3)17(28)23-13(19(30)31)4-5-14(21)26/h10-13,15,25H,4-9,20H2,1-3H3,(H2,21,26)(H,22,29)(H,23,28)(H,24,27)(H,30,31). The van der Waals surface area contributed by atoms with Gasteiger partial charge in [-0.2, -0.15) is 23.5 Å². The highest BCUT2D eigenvalue weighted by atomic mass is 32.2. The number of aliphatic hydroxyl groups excluding tert-OH is 1. The van der Waals surface area contributed by atoms with E-state index in [0.717, 1.165) is 0 Å².